The molecule has 2 aliphatic carbocycles. The van der Waals surface area contributed by atoms with Crippen molar-refractivity contribution in [3.05, 3.63) is 41.5 Å². The third kappa shape index (κ3) is 1.84. The van der Waals surface area contributed by atoms with Gasteiger partial charge in [0.2, 0.25) is 0 Å². The number of piperidine rings is 1. The van der Waals surface area contributed by atoms with Crippen LogP contribution in [0.2, 0.25) is 0 Å². The summed E-state index contributed by atoms with van der Waals surface area (Å²) in [4.78, 5) is 28.0. The lowest BCUT2D eigenvalue weighted by atomic mass is 9.66. The van der Waals surface area contributed by atoms with Crippen LogP contribution < -0.4 is 0 Å². The van der Waals surface area contributed by atoms with Crippen molar-refractivity contribution in [2.24, 2.45) is 10.8 Å². The van der Waals surface area contributed by atoms with Crippen molar-refractivity contribution >= 4 is 18.0 Å². The molecule has 27 heavy (non-hydrogen) atoms. The largest absolute Gasteiger partial charge is 0.448 e. The summed E-state index contributed by atoms with van der Waals surface area (Å²) in [5.74, 6) is -0.180. The maximum atomic E-state index is 13.6. The Labute approximate surface area is 160 Å². The Morgan fingerprint density at radius 2 is 1.74 bits per heavy atom. The maximum Gasteiger partial charge on any atom is 0.313 e. The molecule has 4 nitrogen and oxygen atoms in total. The van der Waals surface area contributed by atoms with Gasteiger partial charge in [-0.25, -0.2) is 0 Å². The molecule has 1 aromatic rings. The molecule has 1 spiro atoms. The second-order valence-electron chi connectivity index (χ2n) is 9.54. The minimum atomic E-state index is -0.979. The highest BCUT2D eigenvalue weighted by Gasteiger charge is 2.76. The number of fused-ring (bicyclic) bond motifs is 4. The number of hydrogen-bond donors (Lipinski definition) is 0. The van der Waals surface area contributed by atoms with Gasteiger partial charge < -0.3 is 9.64 Å². The Morgan fingerprint density at radius 1 is 1.04 bits per heavy atom. The van der Waals surface area contributed by atoms with Crippen LogP contribution in [-0.2, 0) is 19.7 Å². The second kappa shape index (κ2) is 5.03. The lowest BCUT2D eigenvalue weighted by molar-refractivity contribution is -0.174. The summed E-state index contributed by atoms with van der Waals surface area (Å²) < 4.78 is 5.81. The molecule has 2 atom stereocenters. The summed E-state index contributed by atoms with van der Waals surface area (Å²) in [6, 6.07) is 8.56. The zero-order valence-corrected chi connectivity index (χ0v) is 16.4. The molecule has 3 fully saturated rings. The zero-order valence-electron chi connectivity index (χ0n) is 16.4. The third-order valence-electron chi connectivity index (χ3n) is 8.45. The van der Waals surface area contributed by atoms with Crippen LogP contribution in [0.5, 0.6) is 0 Å². The van der Waals surface area contributed by atoms with E-state index in [4.69, 9.17) is 4.74 Å². The number of nitrogens with zero attached hydrogens (tertiary/aromatic N) is 1. The van der Waals surface area contributed by atoms with Gasteiger partial charge in [-0.1, -0.05) is 50.3 Å². The van der Waals surface area contributed by atoms with Gasteiger partial charge in [-0.05, 0) is 43.7 Å². The van der Waals surface area contributed by atoms with Crippen molar-refractivity contribution in [3.8, 4) is 0 Å². The van der Waals surface area contributed by atoms with Crippen molar-refractivity contribution < 1.29 is 14.3 Å². The summed E-state index contributed by atoms with van der Waals surface area (Å²) in [7, 11) is 0. The number of likely N-dealkylation sites (tertiary alicyclic amines) is 1. The van der Waals surface area contributed by atoms with Crippen molar-refractivity contribution in [1.29, 1.82) is 0 Å². The average Bonchev–Trinajstić information content (AvgIpc) is 3.17. The van der Waals surface area contributed by atoms with Gasteiger partial charge in [0.05, 0.1) is 5.41 Å². The molecule has 0 N–H and O–H groups in total. The van der Waals surface area contributed by atoms with Crippen molar-refractivity contribution in [2.75, 3.05) is 13.1 Å². The Balaban J connectivity index is 1.39. The second-order valence-corrected chi connectivity index (χ2v) is 9.54. The van der Waals surface area contributed by atoms with E-state index in [0.29, 0.717) is 19.5 Å². The fourth-order valence-electron chi connectivity index (χ4n) is 5.96. The number of esters is 1. The van der Waals surface area contributed by atoms with Crippen LogP contribution in [0.15, 0.2) is 30.3 Å². The van der Waals surface area contributed by atoms with E-state index in [2.05, 4.69) is 36.4 Å². The molecule has 1 amide bonds. The molecule has 4 heteroatoms. The molecule has 2 heterocycles. The molecular formula is C23H27NO3. The number of allylic oxidation sites excluding steroid dienone is 1. The van der Waals surface area contributed by atoms with Crippen LogP contribution in [0, 0.1) is 10.8 Å². The van der Waals surface area contributed by atoms with Crippen LogP contribution in [0.25, 0.3) is 6.08 Å². The maximum absolute atomic E-state index is 13.6. The van der Waals surface area contributed by atoms with Crippen molar-refractivity contribution in [2.45, 2.75) is 57.5 Å². The smallest absolute Gasteiger partial charge is 0.313 e. The SMILES string of the molecule is CC12CCC(C(=O)N3CCC4(C=Cc5ccccc54)CC3)(OC1=O)C2(C)C. The van der Waals surface area contributed by atoms with E-state index in [1.807, 2.05) is 25.7 Å². The van der Waals surface area contributed by atoms with Crippen molar-refractivity contribution in [1.82, 2.24) is 4.90 Å². The van der Waals surface area contributed by atoms with Gasteiger partial charge in [-0.2, -0.15) is 0 Å². The highest BCUT2D eigenvalue weighted by atomic mass is 16.6. The predicted octanol–water partition coefficient (Wildman–Crippen LogP) is 3.70. The van der Waals surface area contributed by atoms with Crippen LogP contribution in [0.1, 0.15) is 57.6 Å². The van der Waals surface area contributed by atoms with Gasteiger partial charge in [0.1, 0.15) is 0 Å². The third-order valence-corrected chi connectivity index (χ3v) is 8.45. The number of hydrogen-bond acceptors (Lipinski definition) is 3. The summed E-state index contributed by atoms with van der Waals surface area (Å²) in [6.07, 6.45) is 7.77. The Kier molecular flexibility index (Phi) is 3.17. The summed E-state index contributed by atoms with van der Waals surface area (Å²) >= 11 is 0. The topological polar surface area (TPSA) is 46.6 Å². The van der Waals surface area contributed by atoms with Gasteiger partial charge in [-0.3, -0.25) is 9.59 Å². The number of carbonyl (C=O) groups is 2. The lowest BCUT2D eigenvalue weighted by Gasteiger charge is -2.44. The number of rotatable bonds is 1. The summed E-state index contributed by atoms with van der Waals surface area (Å²) in [5.41, 5.74) is 0.740. The van der Waals surface area contributed by atoms with E-state index in [1.54, 1.807) is 0 Å². The van der Waals surface area contributed by atoms with Gasteiger partial charge in [0.15, 0.2) is 5.60 Å². The lowest BCUT2D eigenvalue weighted by Crippen LogP contribution is -2.57. The molecule has 2 bridgehead atoms. The molecule has 1 saturated carbocycles. The molecule has 1 aromatic carbocycles. The Bertz CT molecular complexity index is 877. The fourth-order valence-corrected chi connectivity index (χ4v) is 5.96. The van der Waals surface area contributed by atoms with E-state index >= 15 is 0 Å². The van der Waals surface area contributed by atoms with Crippen molar-refractivity contribution in [3.63, 3.8) is 0 Å². The van der Waals surface area contributed by atoms with Crippen LogP contribution in [-0.4, -0.2) is 35.5 Å². The summed E-state index contributed by atoms with van der Waals surface area (Å²) in [6.45, 7) is 7.45. The molecule has 2 aliphatic heterocycles. The van der Waals surface area contributed by atoms with E-state index < -0.39 is 16.4 Å². The van der Waals surface area contributed by atoms with Gasteiger partial charge in [0, 0.05) is 23.9 Å². The van der Waals surface area contributed by atoms with E-state index in [1.165, 1.54) is 11.1 Å². The minimum absolute atomic E-state index is 0.0205. The molecule has 0 aromatic heterocycles. The molecule has 2 unspecified atom stereocenters. The number of carbonyl (C=O) groups excluding carboxylic acids is 2. The zero-order chi connectivity index (χ0) is 19.1. The highest BCUT2D eigenvalue weighted by Crippen LogP contribution is 2.66. The number of ether oxygens (including phenoxy) is 1. The van der Waals surface area contributed by atoms with Crippen LogP contribution in [0.4, 0.5) is 0 Å². The standard InChI is InChI=1S/C23H27NO3/c1-20(2)21(3)10-11-23(20,27-19(21)26)18(25)24-14-12-22(13-15-24)9-8-16-6-4-5-7-17(16)22/h4-9H,10-15H2,1-3H3. The normalized spacial score (nSPS) is 34.8. The first-order valence-corrected chi connectivity index (χ1v) is 10.1. The van der Waals surface area contributed by atoms with E-state index in [9.17, 15) is 9.59 Å². The average molecular weight is 365 g/mol. The Morgan fingerprint density at radius 3 is 2.37 bits per heavy atom. The molecular weight excluding hydrogens is 338 g/mol. The first-order valence-electron chi connectivity index (χ1n) is 10.1. The van der Waals surface area contributed by atoms with Crippen LogP contribution >= 0.6 is 0 Å². The van der Waals surface area contributed by atoms with Crippen LogP contribution in [0.3, 0.4) is 0 Å². The monoisotopic (exact) mass is 365 g/mol. The van der Waals surface area contributed by atoms with Gasteiger partial charge >= 0.3 is 5.97 Å². The highest BCUT2D eigenvalue weighted by molar-refractivity contribution is 5.96. The molecule has 142 valence electrons. The molecule has 0 radical (unpaired) electrons. The van der Waals surface area contributed by atoms with Gasteiger partial charge in [-0.15, -0.1) is 0 Å². The minimum Gasteiger partial charge on any atom is -0.448 e. The first-order chi connectivity index (χ1) is 12.8. The first kappa shape index (κ1) is 17.0. The predicted molar refractivity (Wildman–Crippen MR) is 103 cm³/mol. The number of amides is 1. The molecule has 5 rings (SSSR count). The molecule has 4 aliphatic rings. The Hall–Kier alpha value is -2.10. The van der Waals surface area contributed by atoms with E-state index in [0.717, 1.165) is 19.3 Å². The molecule has 2 saturated heterocycles. The fraction of sp³-hybridized carbons (Fsp3) is 0.565. The summed E-state index contributed by atoms with van der Waals surface area (Å²) in [5, 5.41) is 0. The van der Waals surface area contributed by atoms with Gasteiger partial charge in [0.25, 0.3) is 5.91 Å². The van der Waals surface area contributed by atoms with E-state index in [-0.39, 0.29) is 17.3 Å². The quantitative estimate of drug-likeness (QED) is 0.713. The number of benzene rings is 1.